The Balaban J connectivity index is 1.85. The zero-order valence-electron chi connectivity index (χ0n) is 12.2. The number of carbonyl (C=O) groups excluding carboxylic acids is 1. The Morgan fingerprint density at radius 2 is 2.15 bits per heavy atom. The summed E-state index contributed by atoms with van der Waals surface area (Å²) in [7, 11) is 1.77. The van der Waals surface area contributed by atoms with Gasteiger partial charge in [0.15, 0.2) is 6.10 Å². The van der Waals surface area contributed by atoms with Crippen molar-refractivity contribution in [2.24, 2.45) is 5.16 Å². The van der Waals surface area contributed by atoms with Crippen LogP contribution in [-0.4, -0.2) is 42.4 Å². The third-order valence-corrected chi connectivity index (χ3v) is 3.08. The van der Waals surface area contributed by atoms with Gasteiger partial charge in [0, 0.05) is 19.5 Å². The van der Waals surface area contributed by atoms with E-state index in [2.05, 4.69) is 10.5 Å². The highest BCUT2D eigenvalue weighted by Gasteiger charge is 2.25. The van der Waals surface area contributed by atoms with Crippen molar-refractivity contribution in [1.29, 1.82) is 0 Å². The first kappa shape index (κ1) is 14.4. The molecule has 5 nitrogen and oxygen atoms in total. The SMILES string of the molecule is CC(C)NC(=O)N(C)CC1CC(c2ccccc2)=NO1. The zero-order chi connectivity index (χ0) is 14.5. The monoisotopic (exact) mass is 275 g/mol. The molecular weight excluding hydrogens is 254 g/mol. The van der Waals surface area contributed by atoms with Crippen molar-refractivity contribution >= 4 is 11.7 Å². The van der Waals surface area contributed by atoms with Gasteiger partial charge in [-0.1, -0.05) is 35.5 Å². The lowest BCUT2D eigenvalue weighted by molar-refractivity contribution is 0.0655. The van der Waals surface area contributed by atoms with Crippen molar-refractivity contribution in [1.82, 2.24) is 10.2 Å². The van der Waals surface area contributed by atoms with Gasteiger partial charge in [-0.3, -0.25) is 0 Å². The van der Waals surface area contributed by atoms with Crippen molar-refractivity contribution in [3.05, 3.63) is 35.9 Å². The van der Waals surface area contributed by atoms with Crippen molar-refractivity contribution in [3.63, 3.8) is 0 Å². The number of nitrogens with one attached hydrogen (secondary N) is 1. The van der Waals surface area contributed by atoms with Crippen LogP contribution in [0.25, 0.3) is 0 Å². The first-order chi connectivity index (χ1) is 9.56. The van der Waals surface area contributed by atoms with E-state index in [9.17, 15) is 4.79 Å². The topological polar surface area (TPSA) is 53.9 Å². The van der Waals surface area contributed by atoms with Crippen molar-refractivity contribution < 1.29 is 9.63 Å². The molecule has 1 unspecified atom stereocenters. The third-order valence-electron chi connectivity index (χ3n) is 3.08. The summed E-state index contributed by atoms with van der Waals surface area (Å²) < 4.78 is 0. The molecule has 1 aliphatic heterocycles. The molecule has 1 aromatic rings. The van der Waals surface area contributed by atoms with E-state index in [1.807, 2.05) is 44.2 Å². The molecular formula is C15H21N3O2. The molecule has 2 amide bonds. The molecule has 108 valence electrons. The highest BCUT2D eigenvalue weighted by molar-refractivity contribution is 6.01. The maximum absolute atomic E-state index is 11.8. The van der Waals surface area contributed by atoms with Crippen LogP contribution in [0.2, 0.25) is 0 Å². The molecule has 1 aromatic carbocycles. The number of hydrogen-bond donors (Lipinski definition) is 1. The molecule has 20 heavy (non-hydrogen) atoms. The normalized spacial score (nSPS) is 17.6. The highest BCUT2D eigenvalue weighted by atomic mass is 16.6. The van der Waals surface area contributed by atoms with E-state index < -0.39 is 0 Å². The molecule has 0 radical (unpaired) electrons. The van der Waals surface area contributed by atoms with E-state index in [4.69, 9.17) is 4.84 Å². The molecule has 1 N–H and O–H groups in total. The van der Waals surface area contributed by atoms with E-state index in [-0.39, 0.29) is 18.2 Å². The van der Waals surface area contributed by atoms with Gasteiger partial charge in [-0.05, 0) is 19.4 Å². The standard InChI is InChI=1S/C15H21N3O2/c1-11(2)16-15(19)18(3)10-13-9-14(17-20-13)12-7-5-4-6-8-12/h4-8,11,13H,9-10H2,1-3H3,(H,16,19). The predicted octanol–water partition coefficient (Wildman–Crippen LogP) is 2.23. The molecule has 1 heterocycles. The van der Waals surface area contributed by atoms with Crippen LogP contribution in [0.4, 0.5) is 4.79 Å². The molecule has 5 heteroatoms. The fraction of sp³-hybridized carbons (Fsp3) is 0.467. The van der Waals surface area contributed by atoms with Gasteiger partial charge in [0.05, 0.1) is 12.3 Å². The van der Waals surface area contributed by atoms with Gasteiger partial charge in [0.2, 0.25) is 0 Å². The Labute approximate surface area is 119 Å². The number of amides is 2. The summed E-state index contributed by atoms with van der Waals surface area (Å²) in [5.41, 5.74) is 2.01. The van der Waals surface area contributed by atoms with Crippen LogP contribution in [0.3, 0.4) is 0 Å². The first-order valence-corrected chi connectivity index (χ1v) is 6.86. The zero-order valence-corrected chi connectivity index (χ0v) is 12.2. The molecule has 0 spiro atoms. The molecule has 0 saturated heterocycles. The predicted molar refractivity (Wildman–Crippen MR) is 78.8 cm³/mol. The van der Waals surface area contributed by atoms with Gasteiger partial charge in [0.1, 0.15) is 0 Å². The fourth-order valence-electron chi connectivity index (χ4n) is 2.07. The van der Waals surface area contributed by atoms with Gasteiger partial charge in [-0.15, -0.1) is 0 Å². The van der Waals surface area contributed by atoms with Crippen LogP contribution in [0, 0.1) is 0 Å². The smallest absolute Gasteiger partial charge is 0.317 e. The lowest BCUT2D eigenvalue weighted by Gasteiger charge is -2.21. The number of oxime groups is 1. The number of urea groups is 1. The van der Waals surface area contributed by atoms with Gasteiger partial charge in [-0.2, -0.15) is 0 Å². The van der Waals surface area contributed by atoms with Crippen LogP contribution in [0.15, 0.2) is 35.5 Å². The van der Waals surface area contributed by atoms with E-state index in [0.29, 0.717) is 6.54 Å². The van der Waals surface area contributed by atoms with Crippen LogP contribution in [-0.2, 0) is 4.84 Å². The minimum absolute atomic E-state index is 0.0758. The van der Waals surface area contributed by atoms with E-state index >= 15 is 0 Å². The molecule has 0 fully saturated rings. The Bertz CT molecular complexity index is 485. The largest absolute Gasteiger partial charge is 0.390 e. The quantitative estimate of drug-likeness (QED) is 0.916. The van der Waals surface area contributed by atoms with Crippen molar-refractivity contribution in [2.75, 3.05) is 13.6 Å². The Morgan fingerprint density at radius 1 is 1.45 bits per heavy atom. The first-order valence-electron chi connectivity index (χ1n) is 6.86. The Kier molecular flexibility index (Phi) is 4.61. The summed E-state index contributed by atoms with van der Waals surface area (Å²) in [6, 6.07) is 10.0. The minimum atomic E-state index is -0.0863. The Morgan fingerprint density at radius 3 is 2.80 bits per heavy atom. The number of nitrogens with zero attached hydrogens (tertiary/aromatic N) is 2. The average Bonchev–Trinajstić information content (AvgIpc) is 2.87. The maximum Gasteiger partial charge on any atom is 0.317 e. The molecule has 0 aliphatic carbocycles. The second kappa shape index (κ2) is 6.41. The van der Waals surface area contributed by atoms with Gasteiger partial charge < -0.3 is 15.1 Å². The van der Waals surface area contributed by atoms with Crippen LogP contribution >= 0.6 is 0 Å². The van der Waals surface area contributed by atoms with Crippen LogP contribution in [0.5, 0.6) is 0 Å². The highest BCUT2D eigenvalue weighted by Crippen LogP contribution is 2.17. The molecule has 1 atom stereocenters. The summed E-state index contributed by atoms with van der Waals surface area (Å²) in [5, 5.41) is 6.97. The minimum Gasteiger partial charge on any atom is -0.390 e. The summed E-state index contributed by atoms with van der Waals surface area (Å²) >= 11 is 0. The number of carbonyl (C=O) groups is 1. The second-order valence-corrected chi connectivity index (χ2v) is 5.32. The van der Waals surface area contributed by atoms with E-state index in [1.54, 1.807) is 11.9 Å². The number of likely N-dealkylation sites (N-methyl/N-ethyl adjacent to an activating group) is 1. The number of benzene rings is 1. The lowest BCUT2D eigenvalue weighted by atomic mass is 10.1. The van der Waals surface area contributed by atoms with Crippen LogP contribution < -0.4 is 5.32 Å². The number of hydrogen-bond acceptors (Lipinski definition) is 3. The maximum atomic E-state index is 11.8. The molecule has 1 aliphatic rings. The van der Waals surface area contributed by atoms with Crippen LogP contribution in [0.1, 0.15) is 25.8 Å². The third kappa shape index (κ3) is 3.73. The summed E-state index contributed by atoms with van der Waals surface area (Å²) in [6.45, 7) is 4.40. The van der Waals surface area contributed by atoms with Crippen molar-refractivity contribution in [3.8, 4) is 0 Å². The molecule has 0 bridgehead atoms. The van der Waals surface area contributed by atoms with E-state index in [1.165, 1.54) is 0 Å². The van der Waals surface area contributed by atoms with Gasteiger partial charge >= 0.3 is 6.03 Å². The Hall–Kier alpha value is -2.04. The van der Waals surface area contributed by atoms with Gasteiger partial charge in [0.25, 0.3) is 0 Å². The number of rotatable bonds is 4. The van der Waals surface area contributed by atoms with Crippen molar-refractivity contribution in [2.45, 2.75) is 32.4 Å². The van der Waals surface area contributed by atoms with Gasteiger partial charge in [-0.25, -0.2) is 4.79 Å². The van der Waals surface area contributed by atoms with E-state index in [0.717, 1.165) is 17.7 Å². The molecule has 0 aromatic heterocycles. The molecule has 2 rings (SSSR count). The second-order valence-electron chi connectivity index (χ2n) is 5.32. The summed E-state index contributed by atoms with van der Waals surface area (Å²) in [4.78, 5) is 18.9. The lowest BCUT2D eigenvalue weighted by Crippen LogP contribution is -2.43. The molecule has 0 saturated carbocycles. The fourth-order valence-corrected chi connectivity index (χ4v) is 2.07. The summed E-state index contributed by atoms with van der Waals surface area (Å²) in [5.74, 6) is 0. The average molecular weight is 275 g/mol. The summed E-state index contributed by atoms with van der Waals surface area (Å²) in [6.07, 6.45) is 0.650.